The fraction of sp³-hybridized carbons (Fsp3) is 0.188. The summed E-state index contributed by atoms with van der Waals surface area (Å²) in [4.78, 5) is 6.57. The molecule has 6 nitrogen and oxygen atoms in total. The molecule has 0 N–H and O–H groups in total. The third kappa shape index (κ3) is 4.55. The molecule has 7 heteroatoms. The number of benzene rings is 2. The van der Waals surface area contributed by atoms with E-state index in [-0.39, 0.29) is 13.7 Å². The van der Waals surface area contributed by atoms with Crippen LogP contribution in [0.5, 0.6) is 11.5 Å². The lowest BCUT2D eigenvalue weighted by Crippen LogP contribution is -2.15. The topological polar surface area (TPSA) is 60.2 Å². The van der Waals surface area contributed by atoms with E-state index in [2.05, 4.69) is 9.82 Å². The lowest BCUT2D eigenvalue weighted by atomic mass is 9.95. The molecule has 0 bridgehead atoms. The van der Waals surface area contributed by atoms with Crippen molar-refractivity contribution in [3.8, 4) is 11.5 Å². The normalized spacial score (nSPS) is 9.74. The van der Waals surface area contributed by atoms with Gasteiger partial charge in [-0.05, 0) is 31.1 Å². The highest BCUT2D eigenvalue weighted by Crippen LogP contribution is 2.29. The Bertz CT molecular complexity index is 751. The molecule has 0 heterocycles. The second-order valence-corrected chi connectivity index (χ2v) is 4.71. The Morgan fingerprint density at radius 1 is 1.13 bits per heavy atom. The zero-order valence-electron chi connectivity index (χ0n) is 12.9. The molecule has 0 amide bonds. The average molecular weight is 308 g/mol. The van der Waals surface area contributed by atoms with E-state index in [9.17, 15) is 0 Å². The molecular weight excluding hydrogens is 293 g/mol. The maximum atomic E-state index is 9.05. The average Bonchev–Trinajstić information content (AvgIpc) is 2.60. The quantitative estimate of drug-likeness (QED) is 0.437. The Hall–Kier alpha value is -2.87. The van der Waals surface area contributed by atoms with Gasteiger partial charge in [0.25, 0.3) is 0 Å². The molecule has 2 rings (SSSR count). The molecule has 0 saturated heterocycles. The van der Waals surface area contributed by atoms with Crippen LogP contribution in [0.1, 0.15) is 5.56 Å². The fourth-order valence-corrected chi connectivity index (χ4v) is 1.84. The van der Waals surface area contributed by atoms with Crippen LogP contribution in [0.2, 0.25) is 6.82 Å². The summed E-state index contributed by atoms with van der Waals surface area (Å²) in [5, 5.41) is 9.05. The van der Waals surface area contributed by atoms with Crippen LogP contribution in [0.4, 0.5) is 11.4 Å². The number of ether oxygens (including phenoxy) is 1. The first-order chi connectivity index (χ1) is 11.2. The van der Waals surface area contributed by atoms with Crippen molar-refractivity contribution < 1.29 is 14.0 Å². The van der Waals surface area contributed by atoms with Gasteiger partial charge in [-0.25, -0.2) is 4.85 Å². The van der Waals surface area contributed by atoms with Gasteiger partial charge in [0.2, 0.25) is 5.39 Å². The van der Waals surface area contributed by atoms with Crippen LogP contribution in [-0.2, 0) is 15.9 Å². The molecule has 0 radical (unpaired) electrons. The molecular formula is C16H15BN3O3+. The Morgan fingerprint density at radius 2 is 1.83 bits per heavy atom. The molecule has 0 aliphatic rings. The molecule has 0 saturated carbocycles. The van der Waals surface area contributed by atoms with Crippen LogP contribution in [-0.4, -0.2) is 14.2 Å². The second kappa shape index (κ2) is 7.95. The maximum absolute atomic E-state index is 9.05. The first-order valence-corrected chi connectivity index (χ1v) is 6.94. The summed E-state index contributed by atoms with van der Waals surface area (Å²) in [6.45, 7) is 8.93. The third-order valence-corrected chi connectivity index (χ3v) is 3.17. The zero-order chi connectivity index (χ0) is 16.7. The standard InChI is InChI=1S/C16H15BN3O3/c1-17(21-3)22-11-12-10-15(8-9-16(12)20-18)23-14-6-4-13(19-2)5-7-14/h4-10H,11H2,1,3H3/q+1. The third-order valence-electron chi connectivity index (χ3n) is 3.17. The van der Waals surface area contributed by atoms with Crippen LogP contribution < -0.4 is 4.74 Å². The smallest absolute Gasteiger partial charge is 0.453 e. The predicted molar refractivity (Wildman–Crippen MR) is 87.4 cm³/mol. The predicted octanol–water partition coefficient (Wildman–Crippen LogP) is 4.80. The molecule has 0 atom stereocenters. The highest BCUT2D eigenvalue weighted by atomic mass is 16.6. The van der Waals surface area contributed by atoms with Crippen molar-refractivity contribution >= 4 is 18.5 Å². The molecule has 2 aromatic rings. The van der Waals surface area contributed by atoms with E-state index in [0.29, 0.717) is 28.4 Å². The summed E-state index contributed by atoms with van der Waals surface area (Å²) < 4.78 is 16.2. The van der Waals surface area contributed by atoms with Gasteiger partial charge < -0.3 is 14.0 Å². The molecule has 0 aliphatic heterocycles. The molecule has 0 unspecified atom stereocenters. The molecule has 0 spiro atoms. The van der Waals surface area contributed by atoms with E-state index in [4.69, 9.17) is 26.0 Å². The summed E-state index contributed by atoms with van der Waals surface area (Å²) >= 11 is 0. The van der Waals surface area contributed by atoms with Crippen molar-refractivity contribution in [1.29, 1.82) is 5.39 Å². The molecule has 114 valence electrons. The highest BCUT2D eigenvalue weighted by molar-refractivity contribution is 6.42. The second-order valence-electron chi connectivity index (χ2n) is 4.71. The van der Waals surface area contributed by atoms with Crippen LogP contribution in [0.3, 0.4) is 0 Å². The van der Waals surface area contributed by atoms with Gasteiger partial charge >= 0.3 is 12.8 Å². The van der Waals surface area contributed by atoms with Gasteiger partial charge in [0.1, 0.15) is 11.5 Å². The number of hydrogen-bond donors (Lipinski definition) is 0. The van der Waals surface area contributed by atoms with E-state index in [1.807, 2.05) is 0 Å². The number of diazo groups is 1. The van der Waals surface area contributed by atoms with Gasteiger partial charge in [-0.3, -0.25) is 0 Å². The molecule has 0 aromatic heterocycles. The van der Waals surface area contributed by atoms with Gasteiger partial charge in [-0.1, -0.05) is 12.1 Å². The zero-order valence-corrected chi connectivity index (χ0v) is 12.9. The first-order valence-electron chi connectivity index (χ1n) is 6.94. The summed E-state index contributed by atoms with van der Waals surface area (Å²) in [5.41, 5.74) is 1.63. The van der Waals surface area contributed by atoms with E-state index >= 15 is 0 Å². The van der Waals surface area contributed by atoms with Gasteiger partial charge in [-0.2, -0.15) is 0 Å². The van der Waals surface area contributed by atoms with Crippen molar-refractivity contribution in [2.24, 2.45) is 0 Å². The Kier molecular flexibility index (Phi) is 5.70. The van der Waals surface area contributed by atoms with E-state index in [1.165, 1.54) is 0 Å². The Morgan fingerprint density at radius 3 is 2.43 bits per heavy atom. The molecule has 0 fully saturated rings. The fourth-order valence-electron chi connectivity index (χ4n) is 1.84. The Balaban J connectivity index is 2.16. The molecule has 23 heavy (non-hydrogen) atoms. The maximum Gasteiger partial charge on any atom is 0.453 e. The highest BCUT2D eigenvalue weighted by Gasteiger charge is 2.17. The van der Waals surface area contributed by atoms with Crippen LogP contribution >= 0.6 is 0 Å². The van der Waals surface area contributed by atoms with Crippen LogP contribution in [0.25, 0.3) is 9.82 Å². The largest absolute Gasteiger partial charge is 0.457 e. The Labute approximate surface area is 135 Å². The molecule has 0 aliphatic carbocycles. The lowest BCUT2D eigenvalue weighted by molar-refractivity contribution is 0.226. The minimum absolute atomic E-state index is 0.224. The van der Waals surface area contributed by atoms with Crippen molar-refractivity contribution in [2.45, 2.75) is 13.4 Å². The number of hydrogen-bond acceptors (Lipinski definition) is 4. The summed E-state index contributed by atoms with van der Waals surface area (Å²) in [5.74, 6) is 1.19. The van der Waals surface area contributed by atoms with E-state index in [1.54, 1.807) is 56.4 Å². The monoisotopic (exact) mass is 308 g/mol. The van der Waals surface area contributed by atoms with Gasteiger partial charge in [-0.15, -0.1) is 0 Å². The summed E-state index contributed by atoms with van der Waals surface area (Å²) in [6.07, 6.45) is 0. The number of rotatable bonds is 6. The number of nitrogens with zero attached hydrogens (tertiary/aromatic N) is 3. The van der Waals surface area contributed by atoms with Crippen LogP contribution in [0, 0.1) is 12.0 Å². The SMILES string of the molecule is [C-]#[N+]c1ccc(Oc2ccc([N+]#N)c(COB(C)OC)c2)cc1. The van der Waals surface area contributed by atoms with E-state index in [0.717, 1.165) is 0 Å². The van der Waals surface area contributed by atoms with Crippen molar-refractivity contribution in [1.82, 2.24) is 0 Å². The van der Waals surface area contributed by atoms with E-state index < -0.39 is 0 Å². The summed E-state index contributed by atoms with van der Waals surface area (Å²) in [7, 11) is 1.18. The van der Waals surface area contributed by atoms with Crippen molar-refractivity contribution in [3.05, 3.63) is 64.4 Å². The summed E-state index contributed by atoms with van der Waals surface area (Å²) in [6, 6.07) is 11.9. The van der Waals surface area contributed by atoms with Gasteiger partial charge in [0.05, 0.1) is 18.7 Å². The first kappa shape index (κ1) is 16.5. The van der Waals surface area contributed by atoms with Crippen LogP contribution in [0.15, 0.2) is 42.5 Å². The molecule has 2 aromatic carbocycles. The minimum atomic E-state index is -0.368. The van der Waals surface area contributed by atoms with Gasteiger partial charge in [0, 0.05) is 13.2 Å². The minimum Gasteiger partial charge on any atom is -0.457 e. The van der Waals surface area contributed by atoms with Crippen molar-refractivity contribution in [3.63, 3.8) is 0 Å². The van der Waals surface area contributed by atoms with Gasteiger partial charge in [0.15, 0.2) is 10.7 Å². The van der Waals surface area contributed by atoms with Crippen molar-refractivity contribution in [2.75, 3.05) is 7.11 Å². The lowest BCUT2D eigenvalue weighted by Gasteiger charge is -2.09.